The maximum atomic E-state index is 5.16. The van der Waals surface area contributed by atoms with E-state index in [2.05, 4.69) is 38.6 Å². The molecule has 0 aromatic rings. The second kappa shape index (κ2) is 7.15. The molecule has 0 radical (unpaired) electrons. The number of hydrazone groups is 2. The van der Waals surface area contributed by atoms with E-state index in [-0.39, 0.29) is 5.11 Å². The molecule has 8 heteroatoms. The average Bonchev–Trinajstić information content (AvgIpc) is 2.14. The molecule has 0 saturated heterocycles. The Morgan fingerprint density at radius 2 is 2.00 bits per heavy atom. The first-order chi connectivity index (χ1) is 6.56. The maximum absolute atomic E-state index is 5.16. The van der Waals surface area contributed by atoms with Crippen LogP contribution < -0.4 is 21.9 Å². The first-order valence-corrected chi connectivity index (χ1v) is 4.48. The topological polar surface area (TPSA) is 86.8 Å². The smallest absolute Gasteiger partial charge is 0.186 e. The molecule has 0 aliphatic carbocycles. The molecular weight excluding hydrogens is 220 g/mol. The Morgan fingerprint density at radius 1 is 1.36 bits per heavy atom. The van der Waals surface area contributed by atoms with E-state index >= 15 is 0 Å². The predicted molar refractivity (Wildman–Crippen MR) is 66.3 cm³/mol. The first kappa shape index (κ1) is 12.7. The van der Waals surface area contributed by atoms with Crippen molar-refractivity contribution in [3.05, 3.63) is 0 Å². The molecule has 0 saturated carbocycles. The summed E-state index contributed by atoms with van der Waals surface area (Å²) < 4.78 is 0. The van der Waals surface area contributed by atoms with Gasteiger partial charge in [-0.15, -0.1) is 0 Å². The highest BCUT2D eigenvalue weighted by atomic mass is 32.1. The molecule has 0 aliphatic rings. The molecule has 14 heavy (non-hydrogen) atoms. The van der Waals surface area contributed by atoms with Crippen molar-refractivity contribution in [3.8, 4) is 0 Å². The highest BCUT2D eigenvalue weighted by molar-refractivity contribution is 7.80. The van der Waals surface area contributed by atoms with Crippen LogP contribution in [0.5, 0.6) is 0 Å². The largest absolute Gasteiger partial charge is 0.375 e. The molecule has 0 fully saturated rings. The van der Waals surface area contributed by atoms with Crippen LogP contribution in [0.2, 0.25) is 0 Å². The lowest BCUT2D eigenvalue weighted by Crippen LogP contribution is -2.29. The summed E-state index contributed by atoms with van der Waals surface area (Å²) in [6.07, 6.45) is 1.48. The summed E-state index contributed by atoms with van der Waals surface area (Å²) in [5, 5.41) is 10.8. The molecule has 6 nitrogen and oxygen atoms in total. The van der Waals surface area contributed by atoms with Crippen molar-refractivity contribution in [3.63, 3.8) is 0 Å². The number of rotatable bonds is 3. The molecule has 0 heterocycles. The van der Waals surface area contributed by atoms with Gasteiger partial charge in [0.2, 0.25) is 0 Å². The quantitative estimate of drug-likeness (QED) is 0.292. The van der Waals surface area contributed by atoms with E-state index < -0.39 is 0 Å². The molecule has 0 unspecified atom stereocenters. The molecule has 0 aliphatic heterocycles. The van der Waals surface area contributed by atoms with Gasteiger partial charge in [0.15, 0.2) is 10.2 Å². The van der Waals surface area contributed by atoms with Gasteiger partial charge in [-0.3, -0.25) is 10.9 Å². The minimum absolute atomic E-state index is 0.108. The lowest BCUT2D eigenvalue weighted by atomic mass is 10.5. The molecule has 0 atom stereocenters. The summed E-state index contributed by atoms with van der Waals surface area (Å²) in [5.74, 6) is 0. The van der Waals surface area contributed by atoms with Gasteiger partial charge in [-0.1, -0.05) is 0 Å². The van der Waals surface area contributed by atoms with E-state index in [0.29, 0.717) is 10.8 Å². The Kier molecular flexibility index (Phi) is 6.50. The van der Waals surface area contributed by atoms with Crippen LogP contribution in [-0.2, 0) is 0 Å². The van der Waals surface area contributed by atoms with E-state index in [1.165, 1.54) is 6.21 Å². The van der Waals surface area contributed by atoms with Gasteiger partial charge in [-0.25, -0.2) is 0 Å². The van der Waals surface area contributed by atoms with Crippen molar-refractivity contribution in [1.29, 1.82) is 0 Å². The van der Waals surface area contributed by atoms with Gasteiger partial charge >= 0.3 is 0 Å². The van der Waals surface area contributed by atoms with Crippen LogP contribution in [-0.4, -0.2) is 29.2 Å². The minimum Gasteiger partial charge on any atom is -0.375 e. The molecule has 0 spiro atoms. The van der Waals surface area contributed by atoms with Crippen molar-refractivity contribution < 1.29 is 0 Å². The molecule has 0 amide bonds. The number of hydrogen-bond donors (Lipinski definition) is 4. The van der Waals surface area contributed by atoms with Crippen molar-refractivity contribution in [2.75, 3.05) is 7.05 Å². The SMILES string of the molecule is CNC(=S)N/N=C/C(C)=N/NC(N)=S. The zero-order valence-corrected chi connectivity index (χ0v) is 9.50. The average molecular weight is 232 g/mol. The fraction of sp³-hybridized carbons (Fsp3) is 0.333. The van der Waals surface area contributed by atoms with Crippen LogP contribution >= 0.6 is 24.4 Å². The van der Waals surface area contributed by atoms with E-state index in [1.54, 1.807) is 14.0 Å². The van der Waals surface area contributed by atoms with Crippen LogP contribution in [0.3, 0.4) is 0 Å². The van der Waals surface area contributed by atoms with Crippen LogP contribution in [0.15, 0.2) is 10.2 Å². The van der Waals surface area contributed by atoms with Gasteiger partial charge in [-0.05, 0) is 31.4 Å². The summed E-state index contributed by atoms with van der Waals surface area (Å²) in [4.78, 5) is 0. The summed E-state index contributed by atoms with van der Waals surface area (Å²) in [5.41, 5.74) is 10.8. The number of hydrogen-bond acceptors (Lipinski definition) is 4. The summed E-state index contributed by atoms with van der Waals surface area (Å²) in [7, 11) is 1.69. The van der Waals surface area contributed by atoms with Crippen molar-refractivity contribution in [1.82, 2.24) is 16.2 Å². The third-order valence-corrected chi connectivity index (χ3v) is 1.37. The second-order valence-electron chi connectivity index (χ2n) is 2.18. The van der Waals surface area contributed by atoms with Crippen molar-refractivity contribution in [2.45, 2.75) is 6.92 Å². The standard InChI is InChI=1S/C6H12N6S2/c1-4(10-11-5(7)13)3-9-12-6(14)8-2/h3H,1-2H3,(H3,7,11,13)(H2,8,12,14)/b9-3+,10-4+. The molecule has 0 rings (SSSR count). The molecule has 0 aromatic carbocycles. The third-order valence-electron chi connectivity index (χ3n) is 0.987. The zero-order valence-electron chi connectivity index (χ0n) is 7.87. The van der Waals surface area contributed by atoms with Gasteiger partial charge in [0, 0.05) is 7.05 Å². The summed E-state index contributed by atoms with van der Waals surface area (Å²) in [6.45, 7) is 1.73. The highest BCUT2D eigenvalue weighted by Crippen LogP contribution is 1.71. The van der Waals surface area contributed by atoms with Gasteiger partial charge in [0.25, 0.3) is 0 Å². The Bertz CT molecular complexity index is 271. The van der Waals surface area contributed by atoms with E-state index in [4.69, 9.17) is 18.0 Å². The lowest BCUT2D eigenvalue weighted by Gasteiger charge is -1.99. The van der Waals surface area contributed by atoms with E-state index in [1.807, 2.05) is 0 Å². The number of nitrogens with zero attached hydrogens (tertiary/aromatic N) is 2. The van der Waals surface area contributed by atoms with E-state index in [0.717, 1.165) is 0 Å². The Balaban J connectivity index is 3.92. The van der Waals surface area contributed by atoms with Crippen molar-refractivity contribution in [2.24, 2.45) is 15.9 Å². The van der Waals surface area contributed by atoms with Crippen LogP contribution in [0.4, 0.5) is 0 Å². The van der Waals surface area contributed by atoms with Crippen LogP contribution in [0, 0.1) is 0 Å². The predicted octanol–water partition coefficient (Wildman–Crippen LogP) is -0.725. The fourth-order valence-electron chi connectivity index (χ4n) is 0.412. The van der Waals surface area contributed by atoms with Gasteiger partial charge < -0.3 is 11.1 Å². The van der Waals surface area contributed by atoms with Crippen molar-refractivity contribution >= 4 is 46.6 Å². The highest BCUT2D eigenvalue weighted by Gasteiger charge is 1.87. The second-order valence-corrected chi connectivity index (χ2v) is 3.03. The number of thiocarbonyl (C=S) groups is 2. The molecule has 0 bridgehead atoms. The normalized spacial score (nSPS) is 11.1. The van der Waals surface area contributed by atoms with Gasteiger partial charge in [0.05, 0.1) is 11.9 Å². The maximum Gasteiger partial charge on any atom is 0.186 e. The lowest BCUT2D eigenvalue weighted by molar-refractivity contribution is 0.982. The summed E-state index contributed by atoms with van der Waals surface area (Å²) >= 11 is 9.34. The Labute approximate surface area is 93.0 Å². The van der Waals surface area contributed by atoms with Crippen LogP contribution in [0.1, 0.15) is 6.92 Å². The fourth-order valence-corrected chi connectivity index (χ4v) is 0.511. The molecule has 78 valence electrons. The van der Waals surface area contributed by atoms with Gasteiger partial charge in [-0.2, -0.15) is 10.2 Å². The van der Waals surface area contributed by atoms with Gasteiger partial charge in [0.1, 0.15) is 0 Å². The number of nitrogens with two attached hydrogens (primary N) is 1. The minimum atomic E-state index is 0.108. The monoisotopic (exact) mass is 232 g/mol. The molecule has 0 aromatic heterocycles. The first-order valence-electron chi connectivity index (χ1n) is 3.66. The van der Waals surface area contributed by atoms with Crippen LogP contribution in [0.25, 0.3) is 0 Å². The zero-order chi connectivity index (χ0) is 11.0. The molecule has 5 N–H and O–H groups in total. The Morgan fingerprint density at radius 3 is 2.50 bits per heavy atom. The summed E-state index contributed by atoms with van der Waals surface area (Å²) in [6, 6.07) is 0. The number of nitrogens with one attached hydrogen (secondary N) is 3. The Hall–Kier alpha value is -1.28. The molecular formula is C6H12N6S2. The van der Waals surface area contributed by atoms with E-state index in [9.17, 15) is 0 Å². The third kappa shape index (κ3) is 7.37.